The molecule has 1 aromatic rings. The molecular weight excluding hydrogens is 680 g/mol. The molecule has 2 aliphatic carbocycles. The summed E-state index contributed by atoms with van der Waals surface area (Å²) in [5.41, 5.74) is -0.155. The molecule has 3 fully saturated rings. The normalized spacial score (nSPS) is 23.3. The summed E-state index contributed by atoms with van der Waals surface area (Å²) in [6.45, 7) is 11.1. The second kappa shape index (κ2) is 17.6. The number of ether oxygens (including phenoxy) is 1. The molecule has 14 nitrogen and oxygen atoms in total. The Morgan fingerprint density at radius 2 is 1.60 bits per heavy atom. The van der Waals surface area contributed by atoms with Crippen LogP contribution in [0.1, 0.15) is 85.3 Å². The van der Waals surface area contributed by atoms with Gasteiger partial charge in [0.25, 0.3) is 5.91 Å². The van der Waals surface area contributed by atoms with E-state index in [0.717, 1.165) is 19.3 Å². The van der Waals surface area contributed by atoms with Gasteiger partial charge in [-0.05, 0) is 66.3 Å². The van der Waals surface area contributed by atoms with Crippen LogP contribution in [0.15, 0.2) is 30.3 Å². The Balaban J connectivity index is 1.47. The number of carbonyl (C=O) groups is 7. The molecule has 3 aliphatic rings. The SMILES string of the molecule is CCC[C@@H](NC(=O)[C@@H]1C2C3CCC(C3)C2CN1C(=O)[C@@H](NC(=O)OCC(C)C)C(C)(C)C)C(=O)C(=O)NCC(=O)NC(C(=O)N(C)C)c1ccccc1. The maximum Gasteiger partial charge on any atom is 0.407 e. The first-order valence-corrected chi connectivity index (χ1v) is 18.9. The first-order chi connectivity index (χ1) is 24.9. The zero-order valence-electron chi connectivity index (χ0n) is 32.4. The zero-order valence-corrected chi connectivity index (χ0v) is 32.4. The lowest BCUT2D eigenvalue weighted by molar-refractivity contribution is -0.145. The van der Waals surface area contributed by atoms with E-state index in [-0.39, 0.29) is 42.6 Å². The molecule has 0 radical (unpaired) electrons. The predicted octanol–water partition coefficient (Wildman–Crippen LogP) is 2.57. The van der Waals surface area contributed by atoms with Crippen molar-refractivity contribution in [2.45, 2.75) is 97.8 Å². The number of benzene rings is 1. The molecule has 0 spiro atoms. The topological polar surface area (TPSA) is 183 Å². The van der Waals surface area contributed by atoms with E-state index < -0.39 is 71.6 Å². The van der Waals surface area contributed by atoms with Gasteiger partial charge in [-0.3, -0.25) is 28.8 Å². The molecule has 2 bridgehead atoms. The molecule has 1 saturated heterocycles. The highest BCUT2D eigenvalue weighted by Gasteiger charge is 2.60. The minimum Gasteiger partial charge on any atom is -0.449 e. The highest BCUT2D eigenvalue weighted by Crippen LogP contribution is 2.57. The van der Waals surface area contributed by atoms with E-state index in [1.807, 2.05) is 41.5 Å². The van der Waals surface area contributed by atoms with Crippen LogP contribution in [-0.2, 0) is 33.5 Å². The molecule has 1 aliphatic heterocycles. The number of nitrogens with one attached hydrogen (secondary N) is 4. The molecule has 14 heteroatoms. The van der Waals surface area contributed by atoms with Crippen molar-refractivity contribution < 1.29 is 38.3 Å². The van der Waals surface area contributed by atoms with Gasteiger partial charge in [-0.25, -0.2) is 4.79 Å². The fourth-order valence-electron chi connectivity index (χ4n) is 8.15. The molecule has 4 rings (SSSR count). The van der Waals surface area contributed by atoms with Crippen LogP contribution in [0.4, 0.5) is 4.79 Å². The lowest BCUT2D eigenvalue weighted by Crippen LogP contribution is -2.60. The second-order valence-electron chi connectivity index (χ2n) is 16.5. The van der Waals surface area contributed by atoms with Crippen LogP contribution in [0.3, 0.4) is 0 Å². The van der Waals surface area contributed by atoms with Crippen molar-refractivity contribution >= 4 is 41.4 Å². The Kier molecular flexibility index (Phi) is 13.7. The lowest BCUT2D eigenvalue weighted by Gasteiger charge is -2.37. The predicted molar refractivity (Wildman–Crippen MR) is 197 cm³/mol. The third kappa shape index (κ3) is 9.94. The number of carbonyl (C=O) groups excluding carboxylic acids is 7. The third-order valence-electron chi connectivity index (χ3n) is 10.7. The number of fused-ring (bicyclic) bond motifs is 5. The fourth-order valence-corrected chi connectivity index (χ4v) is 8.15. The average molecular weight is 739 g/mol. The largest absolute Gasteiger partial charge is 0.449 e. The van der Waals surface area contributed by atoms with Crippen molar-refractivity contribution in [3.63, 3.8) is 0 Å². The van der Waals surface area contributed by atoms with Gasteiger partial charge in [0.1, 0.15) is 18.1 Å². The van der Waals surface area contributed by atoms with Gasteiger partial charge in [0, 0.05) is 20.6 Å². The molecule has 0 aromatic heterocycles. The van der Waals surface area contributed by atoms with Crippen LogP contribution in [0.5, 0.6) is 0 Å². The number of hydrogen-bond acceptors (Lipinski definition) is 8. The van der Waals surface area contributed by atoms with Crippen molar-refractivity contribution in [2.24, 2.45) is 35.0 Å². The van der Waals surface area contributed by atoms with Gasteiger partial charge in [0.15, 0.2) is 0 Å². The molecule has 292 valence electrons. The molecular formula is C39H58N6O8. The maximum atomic E-state index is 14.4. The summed E-state index contributed by atoms with van der Waals surface area (Å²) in [4.78, 5) is 96.8. The molecule has 6 amide bonds. The number of rotatable bonds is 15. The number of ketones is 1. The standard InChI is InChI=1S/C39H58N6O8/c1-9-13-27(32(47)35(49)40-19-28(46)42-30(36(50)44(7)8)23-14-11-10-12-15-23)41-34(48)31-29-25-17-16-24(18-25)26(29)20-45(31)37(51)33(39(4,5)6)43-38(52)53-21-22(2)3/h10-12,14-15,22,24-27,29-31,33H,9,13,16-21H2,1-8H3,(H,40,49)(H,41,48)(H,42,46)(H,43,52)/t24?,25?,26?,27-,29?,30?,31+,33-/m1/s1. The first kappa shape index (κ1) is 41.3. The number of Topliss-reactive ketones (excluding diaryl/α,β-unsaturated/α-hetero) is 1. The Morgan fingerprint density at radius 1 is 0.943 bits per heavy atom. The van der Waals surface area contributed by atoms with E-state index in [4.69, 9.17) is 4.74 Å². The van der Waals surface area contributed by atoms with E-state index in [0.29, 0.717) is 24.4 Å². The third-order valence-corrected chi connectivity index (χ3v) is 10.7. The van der Waals surface area contributed by atoms with Crippen LogP contribution in [-0.4, -0.2) is 103 Å². The number of alkyl carbamates (subject to hydrolysis) is 1. The smallest absolute Gasteiger partial charge is 0.407 e. The van der Waals surface area contributed by atoms with Crippen LogP contribution < -0.4 is 21.3 Å². The van der Waals surface area contributed by atoms with Crippen molar-refractivity contribution in [1.29, 1.82) is 0 Å². The number of amides is 6. The Bertz CT molecular complexity index is 1530. The van der Waals surface area contributed by atoms with Crippen LogP contribution in [0, 0.1) is 35.0 Å². The molecule has 1 aromatic carbocycles. The van der Waals surface area contributed by atoms with Gasteiger partial charge in [-0.2, -0.15) is 0 Å². The molecule has 2 saturated carbocycles. The van der Waals surface area contributed by atoms with Crippen molar-refractivity contribution in [2.75, 3.05) is 33.8 Å². The highest BCUT2D eigenvalue weighted by atomic mass is 16.5. The summed E-state index contributed by atoms with van der Waals surface area (Å²) >= 11 is 0. The highest BCUT2D eigenvalue weighted by molar-refractivity contribution is 6.38. The lowest BCUT2D eigenvalue weighted by atomic mass is 9.78. The van der Waals surface area contributed by atoms with Crippen molar-refractivity contribution in [1.82, 2.24) is 31.1 Å². The summed E-state index contributed by atoms with van der Waals surface area (Å²) in [5.74, 6) is -3.18. The van der Waals surface area contributed by atoms with E-state index in [1.165, 1.54) is 4.90 Å². The minimum atomic E-state index is -1.19. The van der Waals surface area contributed by atoms with Gasteiger partial charge >= 0.3 is 6.09 Å². The first-order valence-electron chi connectivity index (χ1n) is 18.9. The van der Waals surface area contributed by atoms with Gasteiger partial charge in [-0.1, -0.05) is 78.3 Å². The Morgan fingerprint density at radius 3 is 2.21 bits per heavy atom. The van der Waals surface area contributed by atoms with Gasteiger partial charge < -0.3 is 35.8 Å². The minimum absolute atomic E-state index is 0.106. The van der Waals surface area contributed by atoms with Crippen LogP contribution in [0.2, 0.25) is 0 Å². The quantitative estimate of drug-likeness (QED) is 0.198. The van der Waals surface area contributed by atoms with E-state index in [2.05, 4.69) is 21.3 Å². The molecule has 5 unspecified atom stereocenters. The molecule has 1 heterocycles. The number of nitrogens with zero attached hydrogens (tertiary/aromatic N) is 2. The van der Waals surface area contributed by atoms with Crippen molar-refractivity contribution in [3.8, 4) is 0 Å². The number of likely N-dealkylation sites (N-methyl/N-ethyl adjacent to an activating group) is 1. The average Bonchev–Trinajstić information content (AvgIpc) is 3.83. The van der Waals surface area contributed by atoms with Gasteiger partial charge in [-0.15, -0.1) is 0 Å². The second-order valence-corrected chi connectivity index (χ2v) is 16.5. The monoisotopic (exact) mass is 738 g/mol. The summed E-state index contributed by atoms with van der Waals surface area (Å²) in [6, 6.07) is 4.61. The summed E-state index contributed by atoms with van der Waals surface area (Å²) in [7, 11) is 3.13. The van der Waals surface area contributed by atoms with E-state index >= 15 is 0 Å². The Labute approximate surface area is 312 Å². The molecule has 8 atom stereocenters. The zero-order chi connectivity index (χ0) is 39.2. The number of likely N-dealkylation sites (tertiary alicyclic amines) is 1. The number of hydrogen-bond donors (Lipinski definition) is 4. The Hall–Kier alpha value is -4.49. The molecule has 4 N–H and O–H groups in total. The fraction of sp³-hybridized carbons (Fsp3) is 0.667. The van der Waals surface area contributed by atoms with E-state index in [1.54, 1.807) is 49.3 Å². The maximum absolute atomic E-state index is 14.4. The van der Waals surface area contributed by atoms with Crippen LogP contribution >= 0.6 is 0 Å². The van der Waals surface area contributed by atoms with Gasteiger partial charge in [0.05, 0.1) is 19.2 Å². The summed E-state index contributed by atoms with van der Waals surface area (Å²) in [5, 5.41) is 10.5. The summed E-state index contributed by atoms with van der Waals surface area (Å²) < 4.78 is 5.34. The van der Waals surface area contributed by atoms with E-state index in [9.17, 15) is 33.6 Å². The van der Waals surface area contributed by atoms with Crippen LogP contribution in [0.25, 0.3) is 0 Å². The molecule has 53 heavy (non-hydrogen) atoms. The van der Waals surface area contributed by atoms with Gasteiger partial charge in [0.2, 0.25) is 29.4 Å². The van der Waals surface area contributed by atoms with Crippen molar-refractivity contribution in [3.05, 3.63) is 35.9 Å². The summed E-state index contributed by atoms with van der Waals surface area (Å²) in [6.07, 6.45) is 2.88.